The van der Waals surface area contributed by atoms with Crippen molar-refractivity contribution >= 4 is 5.91 Å². The molecule has 66 valence electrons. The van der Waals surface area contributed by atoms with Crippen molar-refractivity contribution in [2.75, 3.05) is 0 Å². The molecule has 0 bridgehead atoms. The van der Waals surface area contributed by atoms with Crippen LogP contribution in [0.1, 0.15) is 26.7 Å². The van der Waals surface area contributed by atoms with Crippen molar-refractivity contribution in [2.24, 2.45) is 0 Å². The molecule has 0 rings (SSSR count). The van der Waals surface area contributed by atoms with Gasteiger partial charge >= 0.3 is 0 Å². The summed E-state index contributed by atoms with van der Waals surface area (Å²) in [6, 6.07) is 0.0279. The Bertz CT molecular complexity index is 126. The molecule has 4 heteroatoms. The van der Waals surface area contributed by atoms with E-state index in [1.807, 2.05) is 0 Å². The fourth-order valence-electron chi connectivity index (χ4n) is 0.634. The summed E-state index contributed by atoms with van der Waals surface area (Å²) in [6.07, 6.45) is -2.82. The highest BCUT2D eigenvalue weighted by molar-refractivity contribution is 5.76. The summed E-state index contributed by atoms with van der Waals surface area (Å²) in [7, 11) is 0. The van der Waals surface area contributed by atoms with E-state index < -0.39 is 6.43 Å². The van der Waals surface area contributed by atoms with Gasteiger partial charge in [-0.1, -0.05) is 0 Å². The zero-order valence-electron chi connectivity index (χ0n) is 6.73. The molecule has 0 unspecified atom stereocenters. The van der Waals surface area contributed by atoms with Crippen molar-refractivity contribution < 1.29 is 13.6 Å². The Morgan fingerprint density at radius 2 is 2.00 bits per heavy atom. The maximum atomic E-state index is 11.6. The topological polar surface area (TPSA) is 29.1 Å². The van der Waals surface area contributed by atoms with Crippen LogP contribution >= 0.6 is 0 Å². The van der Waals surface area contributed by atoms with Crippen LogP contribution in [0.4, 0.5) is 8.78 Å². The molecule has 0 aliphatic heterocycles. The molecular weight excluding hydrogens is 152 g/mol. The minimum Gasteiger partial charge on any atom is -0.354 e. The van der Waals surface area contributed by atoms with Crippen molar-refractivity contribution in [1.82, 2.24) is 5.32 Å². The Hall–Kier alpha value is -0.670. The molecule has 0 saturated carbocycles. The highest BCUT2D eigenvalue weighted by atomic mass is 19.3. The molecular formula is C7H13F2NO. The molecule has 1 amide bonds. The first kappa shape index (κ1) is 10.3. The number of hydrogen-bond acceptors (Lipinski definition) is 1. The van der Waals surface area contributed by atoms with E-state index >= 15 is 0 Å². The van der Waals surface area contributed by atoms with E-state index in [0.29, 0.717) is 0 Å². The molecule has 0 aromatic heterocycles. The molecule has 11 heavy (non-hydrogen) atoms. The summed E-state index contributed by atoms with van der Waals surface area (Å²) in [5.74, 6) is -0.305. The third-order valence-corrected chi connectivity index (χ3v) is 1.04. The van der Waals surface area contributed by atoms with Crippen molar-refractivity contribution in [1.29, 1.82) is 0 Å². The normalized spacial score (nSPS) is 10.7. The van der Waals surface area contributed by atoms with E-state index in [0.717, 1.165) is 0 Å². The molecule has 2 nitrogen and oxygen atoms in total. The quantitative estimate of drug-likeness (QED) is 0.672. The van der Waals surface area contributed by atoms with Crippen molar-refractivity contribution in [3.8, 4) is 0 Å². The maximum Gasteiger partial charge on any atom is 0.239 e. The largest absolute Gasteiger partial charge is 0.354 e. The van der Waals surface area contributed by atoms with Gasteiger partial charge in [0.1, 0.15) is 0 Å². The van der Waals surface area contributed by atoms with Crippen LogP contribution in [-0.4, -0.2) is 18.4 Å². The van der Waals surface area contributed by atoms with E-state index in [1.54, 1.807) is 13.8 Å². The molecule has 0 spiro atoms. The van der Waals surface area contributed by atoms with Gasteiger partial charge in [-0.05, 0) is 13.8 Å². The van der Waals surface area contributed by atoms with E-state index in [2.05, 4.69) is 5.32 Å². The SMILES string of the molecule is CC(C)NC(=O)CCC(F)F. The zero-order chi connectivity index (χ0) is 8.85. The van der Waals surface area contributed by atoms with Crippen LogP contribution in [0.25, 0.3) is 0 Å². The standard InChI is InChI=1S/C7H13F2NO/c1-5(2)10-7(11)4-3-6(8)9/h5-6H,3-4H2,1-2H3,(H,10,11). The van der Waals surface area contributed by atoms with Crippen LogP contribution in [0, 0.1) is 0 Å². The minimum absolute atomic E-state index is 0.0279. The summed E-state index contributed by atoms with van der Waals surface area (Å²) in [6.45, 7) is 3.58. The first-order valence-corrected chi connectivity index (χ1v) is 3.60. The van der Waals surface area contributed by atoms with E-state index in [9.17, 15) is 13.6 Å². The molecule has 0 saturated heterocycles. The van der Waals surface area contributed by atoms with Crippen LogP contribution < -0.4 is 5.32 Å². The molecule has 0 aliphatic carbocycles. The van der Waals surface area contributed by atoms with E-state index in [1.165, 1.54) is 0 Å². The predicted octanol–water partition coefficient (Wildman–Crippen LogP) is 1.56. The third kappa shape index (κ3) is 7.22. The van der Waals surface area contributed by atoms with Crippen LogP contribution in [0.3, 0.4) is 0 Å². The Kier molecular flexibility index (Phi) is 4.74. The number of nitrogens with one attached hydrogen (secondary N) is 1. The lowest BCUT2D eigenvalue weighted by Crippen LogP contribution is -2.30. The molecule has 0 aliphatic rings. The fraction of sp³-hybridized carbons (Fsp3) is 0.857. The molecule has 0 fully saturated rings. The lowest BCUT2D eigenvalue weighted by molar-refractivity contribution is -0.122. The second-order valence-electron chi connectivity index (χ2n) is 2.65. The molecule has 0 aromatic carbocycles. The maximum absolute atomic E-state index is 11.6. The molecule has 0 radical (unpaired) electrons. The third-order valence-electron chi connectivity index (χ3n) is 1.04. The van der Waals surface area contributed by atoms with Crippen LogP contribution in [0.15, 0.2) is 0 Å². The number of hydrogen-bond donors (Lipinski definition) is 1. The number of amides is 1. The summed E-state index contributed by atoms with van der Waals surface area (Å²) >= 11 is 0. The van der Waals surface area contributed by atoms with Crippen LogP contribution in [0.2, 0.25) is 0 Å². The average molecular weight is 165 g/mol. The second kappa shape index (κ2) is 5.04. The average Bonchev–Trinajstić information content (AvgIpc) is 1.82. The summed E-state index contributed by atoms with van der Waals surface area (Å²) in [4.78, 5) is 10.7. The first-order valence-electron chi connectivity index (χ1n) is 3.60. The Labute approximate surface area is 65.0 Å². The van der Waals surface area contributed by atoms with Gasteiger partial charge in [-0.15, -0.1) is 0 Å². The van der Waals surface area contributed by atoms with Gasteiger partial charge in [-0.25, -0.2) is 8.78 Å². The van der Waals surface area contributed by atoms with Gasteiger partial charge in [0.25, 0.3) is 0 Å². The monoisotopic (exact) mass is 165 g/mol. The van der Waals surface area contributed by atoms with Crippen LogP contribution in [-0.2, 0) is 4.79 Å². The Morgan fingerprint density at radius 1 is 1.45 bits per heavy atom. The van der Waals surface area contributed by atoms with Gasteiger partial charge in [-0.2, -0.15) is 0 Å². The Morgan fingerprint density at radius 3 is 2.36 bits per heavy atom. The van der Waals surface area contributed by atoms with Gasteiger partial charge in [-0.3, -0.25) is 4.79 Å². The molecule has 1 N–H and O–H groups in total. The van der Waals surface area contributed by atoms with E-state index in [-0.39, 0.29) is 24.8 Å². The predicted molar refractivity (Wildman–Crippen MR) is 38.5 cm³/mol. The smallest absolute Gasteiger partial charge is 0.239 e. The van der Waals surface area contributed by atoms with Gasteiger partial charge in [0.2, 0.25) is 12.3 Å². The molecule has 0 heterocycles. The summed E-state index contributed by atoms with van der Waals surface area (Å²) < 4.78 is 23.1. The number of halogens is 2. The molecule has 0 atom stereocenters. The lowest BCUT2D eigenvalue weighted by Gasteiger charge is -2.07. The summed E-state index contributed by atoms with van der Waals surface area (Å²) in [5.41, 5.74) is 0. The highest BCUT2D eigenvalue weighted by Gasteiger charge is 2.07. The number of rotatable bonds is 4. The fourth-order valence-corrected chi connectivity index (χ4v) is 0.634. The minimum atomic E-state index is -2.38. The highest BCUT2D eigenvalue weighted by Crippen LogP contribution is 2.02. The van der Waals surface area contributed by atoms with Crippen molar-refractivity contribution in [2.45, 2.75) is 39.2 Å². The van der Waals surface area contributed by atoms with Crippen molar-refractivity contribution in [3.05, 3.63) is 0 Å². The van der Waals surface area contributed by atoms with E-state index in [4.69, 9.17) is 0 Å². The van der Waals surface area contributed by atoms with Gasteiger partial charge in [0.15, 0.2) is 0 Å². The summed E-state index contributed by atoms with van der Waals surface area (Å²) in [5, 5.41) is 2.53. The van der Waals surface area contributed by atoms with Crippen LogP contribution in [0.5, 0.6) is 0 Å². The van der Waals surface area contributed by atoms with Gasteiger partial charge < -0.3 is 5.32 Å². The Balaban J connectivity index is 3.38. The van der Waals surface area contributed by atoms with Crippen molar-refractivity contribution in [3.63, 3.8) is 0 Å². The lowest BCUT2D eigenvalue weighted by atomic mass is 10.3. The first-order chi connectivity index (χ1) is 5.02. The van der Waals surface area contributed by atoms with Gasteiger partial charge in [0, 0.05) is 18.9 Å². The second-order valence-corrected chi connectivity index (χ2v) is 2.65. The number of carbonyl (C=O) groups excluding carboxylic acids is 1. The molecule has 0 aromatic rings. The van der Waals surface area contributed by atoms with Gasteiger partial charge in [0.05, 0.1) is 0 Å². The number of alkyl halides is 2. The zero-order valence-corrected chi connectivity index (χ0v) is 6.73. The number of carbonyl (C=O) groups is 1.